The Bertz CT molecular complexity index is 1000. The van der Waals surface area contributed by atoms with Gasteiger partial charge in [-0.2, -0.15) is 0 Å². The van der Waals surface area contributed by atoms with Crippen LogP contribution in [0.5, 0.6) is 0 Å². The number of aliphatic hydroxyl groups is 1. The number of thioether (sulfide) groups is 1. The summed E-state index contributed by atoms with van der Waals surface area (Å²) in [7, 11) is 1.73. The summed E-state index contributed by atoms with van der Waals surface area (Å²) in [6, 6.07) is 9.01. The van der Waals surface area contributed by atoms with Crippen LogP contribution in [0.1, 0.15) is 18.9 Å². The molecule has 3 unspecified atom stereocenters. The van der Waals surface area contributed by atoms with Crippen molar-refractivity contribution in [1.29, 1.82) is 0 Å². The highest BCUT2D eigenvalue weighted by atomic mass is 32.2. The number of hydrogen-bond acceptors (Lipinski definition) is 5. The van der Waals surface area contributed by atoms with Gasteiger partial charge in [0, 0.05) is 38.5 Å². The van der Waals surface area contributed by atoms with Crippen LogP contribution in [-0.2, 0) is 20.9 Å². The first-order valence-electron chi connectivity index (χ1n) is 12.2. The molecule has 7 nitrogen and oxygen atoms in total. The third-order valence-electron chi connectivity index (χ3n) is 7.76. The summed E-state index contributed by atoms with van der Waals surface area (Å²) in [5.74, 6) is -1.38. The Labute approximate surface area is 211 Å². The maximum absolute atomic E-state index is 14.2. The molecule has 1 aromatic rings. The first-order valence-corrected chi connectivity index (χ1v) is 13.1. The van der Waals surface area contributed by atoms with Crippen molar-refractivity contribution < 1.29 is 19.5 Å². The fourth-order valence-electron chi connectivity index (χ4n) is 6.33. The van der Waals surface area contributed by atoms with Crippen molar-refractivity contribution in [3.05, 3.63) is 61.2 Å². The van der Waals surface area contributed by atoms with Gasteiger partial charge < -0.3 is 19.8 Å². The molecule has 0 aliphatic carbocycles. The van der Waals surface area contributed by atoms with Crippen LogP contribution in [0.4, 0.5) is 0 Å². The fourth-order valence-corrected chi connectivity index (χ4v) is 8.74. The number of nitrogens with zero attached hydrogens (tertiary/aromatic N) is 3. The van der Waals surface area contributed by atoms with E-state index in [-0.39, 0.29) is 42.0 Å². The van der Waals surface area contributed by atoms with Gasteiger partial charge in [0.1, 0.15) is 6.04 Å². The van der Waals surface area contributed by atoms with Gasteiger partial charge in [0.2, 0.25) is 17.7 Å². The van der Waals surface area contributed by atoms with Crippen molar-refractivity contribution in [1.82, 2.24) is 14.7 Å². The fraction of sp³-hybridized carbons (Fsp3) is 0.519. The van der Waals surface area contributed by atoms with E-state index in [0.717, 1.165) is 12.0 Å². The summed E-state index contributed by atoms with van der Waals surface area (Å²) in [5, 5.41) is 9.82. The minimum Gasteiger partial charge on any atom is -0.395 e. The number of benzene rings is 1. The summed E-state index contributed by atoms with van der Waals surface area (Å²) in [6.07, 6.45) is 4.15. The van der Waals surface area contributed by atoms with Crippen molar-refractivity contribution in [3.63, 3.8) is 0 Å². The molecular formula is C27H35N3O4S. The van der Waals surface area contributed by atoms with Crippen molar-refractivity contribution in [2.24, 2.45) is 17.8 Å². The Balaban J connectivity index is 1.74. The van der Waals surface area contributed by atoms with Gasteiger partial charge in [0.25, 0.3) is 0 Å². The van der Waals surface area contributed by atoms with E-state index in [1.165, 1.54) is 0 Å². The van der Waals surface area contributed by atoms with E-state index in [0.29, 0.717) is 19.6 Å². The Kier molecular flexibility index (Phi) is 7.43. The third-order valence-corrected chi connectivity index (χ3v) is 9.84. The maximum Gasteiger partial charge on any atom is 0.247 e. The molecule has 8 heteroatoms. The van der Waals surface area contributed by atoms with Gasteiger partial charge in [-0.3, -0.25) is 14.4 Å². The lowest BCUT2D eigenvalue weighted by Gasteiger charge is -2.40. The monoisotopic (exact) mass is 497 g/mol. The smallest absolute Gasteiger partial charge is 0.247 e. The zero-order valence-electron chi connectivity index (χ0n) is 20.5. The Morgan fingerprint density at radius 2 is 1.89 bits per heavy atom. The van der Waals surface area contributed by atoms with Crippen molar-refractivity contribution in [2.45, 2.75) is 35.9 Å². The van der Waals surface area contributed by atoms with Crippen LogP contribution in [0.3, 0.4) is 0 Å². The van der Waals surface area contributed by atoms with Gasteiger partial charge in [0.05, 0.1) is 23.2 Å². The second kappa shape index (κ2) is 10.2. The zero-order chi connectivity index (χ0) is 25.3. The molecule has 0 aromatic heterocycles. The Morgan fingerprint density at radius 1 is 1.20 bits per heavy atom. The molecule has 3 aliphatic heterocycles. The summed E-state index contributed by atoms with van der Waals surface area (Å²) in [4.78, 5) is 46.5. The molecule has 3 aliphatic rings. The number of carbonyl (C=O) groups excluding carboxylic acids is 3. The van der Waals surface area contributed by atoms with E-state index in [4.69, 9.17) is 0 Å². The lowest BCUT2D eigenvalue weighted by molar-refractivity contribution is -0.144. The van der Waals surface area contributed by atoms with Crippen molar-refractivity contribution in [2.75, 3.05) is 33.3 Å². The van der Waals surface area contributed by atoms with Crippen LogP contribution in [0.2, 0.25) is 0 Å². The lowest BCUT2D eigenvalue weighted by atomic mass is 9.65. The molecule has 3 heterocycles. The number of carbonyl (C=O) groups is 3. The second-order valence-electron chi connectivity index (χ2n) is 9.81. The zero-order valence-corrected chi connectivity index (χ0v) is 21.3. The van der Waals surface area contributed by atoms with Gasteiger partial charge in [-0.25, -0.2) is 0 Å². The largest absolute Gasteiger partial charge is 0.395 e. The SMILES string of the molecule is C=CCN(C)C(=O)[C@@H]1[C@H]2C(=O)N(CCO)C(C(=O)N(CC=C)Cc3ccccc3)C23S[C@@H]1CC3C. The van der Waals surface area contributed by atoms with Gasteiger partial charge in [-0.15, -0.1) is 24.9 Å². The van der Waals surface area contributed by atoms with Gasteiger partial charge in [-0.1, -0.05) is 49.4 Å². The van der Waals surface area contributed by atoms with E-state index in [9.17, 15) is 19.5 Å². The van der Waals surface area contributed by atoms with Crippen molar-refractivity contribution >= 4 is 29.5 Å². The molecule has 1 N–H and O–H groups in total. The molecule has 35 heavy (non-hydrogen) atoms. The number of amides is 3. The molecule has 6 atom stereocenters. The number of fused-ring (bicyclic) bond motifs is 1. The van der Waals surface area contributed by atoms with Crippen LogP contribution >= 0.6 is 11.8 Å². The van der Waals surface area contributed by atoms with Crippen LogP contribution in [-0.4, -0.2) is 86.9 Å². The molecule has 0 saturated carbocycles. The molecule has 3 fully saturated rings. The van der Waals surface area contributed by atoms with E-state index < -0.39 is 22.6 Å². The Morgan fingerprint density at radius 3 is 2.51 bits per heavy atom. The average Bonchev–Trinajstić information content (AvgIpc) is 3.43. The van der Waals surface area contributed by atoms with Crippen LogP contribution in [0, 0.1) is 17.8 Å². The predicted molar refractivity (Wildman–Crippen MR) is 137 cm³/mol. The summed E-state index contributed by atoms with van der Waals surface area (Å²) < 4.78 is -0.695. The Hall–Kier alpha value is -2.58. The summed E-state index contributed by atoms with van der Waals surface area (Å²) in [5.41, 5.74) is 0.991. The topological polar surface area (TPSA) is 81.2 Å². The number of likely N-dealkylation sites (tertiary alicyclic amines) is 1. The number of hydrogen-bond donors (Lipinski definition) is 1. The minimum atomic E-state index is -0.733. The normalized spacial score (nSPS) is 30.8. The third kappa shape index (κ3) is 4.10. The molecule has 3 saturated heterocycles. The standard InChI is InChI=1S/C27H35N3O4S/c1-5-12-28(4)24(32)21-20-16-18(3)27(35-20)22(21)25(33)30(14-15-31)23(27)26(34)29(13-6-2)17-19-10-8-7-9-11-19/h5-11,18,20-23,31H,1-2,12-17H2,3-4H3/t18?,20-,21+,22+,23?,27?/m1/s1. The molecule has 1 spiro atoms. The van der Waals surface area contributed by atoms with Gasteiger partial charge in [-0.05, 0) is 17.9 Å². The number of β-amino-alcohol motifs (C(OH)–C–C–N with tert-alkyl or cyclic N) is 1. The molecule has 1 aromatic carbocycles. The van der Waals surface area contributed by atoms with Crippen LogP contribution < -0.4 is 0 Å². The van der Waals surface area contributed by atoms with Crippen LogP contribution in [0.15, 0.2) is 55.6 Å². The maximum atomic E-state index is 14.2. The molecule has 2 bridgehead atoms. The minimum absolute atomic E-state index is 0.00716. The summed E-state index contributed by atoms with van der Waals surface area (Å²) >= 11 is 1.65. The predicted octanol–water partition coefficient (Wildman–Crippen LogP) is 2.18. The van der Waals surface area contributed by atoms with E-state index >= 15 is 0 Å². The molecule has 0 radical (unpaired) electrons. The van der Waals surface area contributed by atoms with Gasteiger partial charge >= 0.3 is 0 Å². The highest BCUT2D eigenvalue weighted by Crippen LogP contribution is 2.68. The molecule has 188 valence electrons. The number of likely N-dealkylation sites (N-methyl/N-ethyl adjacent to an activating group) is 1. The lowest BCUT2D eigenvalue weighted by Crippen LogP contribution is -2.57. The van der Waals surface area contributed by atoms with E-state index in [2.05, 4.69) is 20.1 Å². The number of aliphatic hydroxyl groups excluding tert-OH is 1. The van der Waals surface area contributed by atoms with E-state index in [1.54, 1.807) is 45.7 Å². The molecule has 3 amide bonds. The first-order chi connectivity index (χ1) is 16.8. The molecule has 4 rings (SSSR count). The number of rotatable bonds is 10. The quantitative estimate of drug-likeness (QED) is 0.501. The van der Waals surface area contributed by atoms with Gasteiger partial charge in [0.15, 0.2) is 0 Å². The average molecular weight is 498 g/mol. The summed E-state index contributed by atoms with van der Waals surface area (Å²) in [6.45, 7) is 10.7. The van der Waals surface area contributed by atoms with Crippen LogP contribution in [0.25, 0.3) is 0 Å². The second-order valence-corrected chi connectivity index (χ2v) is 11.4. The molecular weight excluding hydrogens is 462 g/mol. The van der Waals surface area contributed by atoms with Crippen molar-refractivity contribution in [3.8, 4) is 0 Å². The van der Waals surface area contributed by atoms with E-state index in [1.807, 2.05) is 30.3 Å². The first kappa shape index (κ1) is 25.5. The highest BCUT2D eigenvalue weighted by Gasteiger charge is 2.76. The highest BCUT2D eigenvalue weighted by molar-refractivity contribution is 8.02.